The molecular weight excluding hydrogens is 995 g/mol. The van der Waals surface area contributed by atoms with Crippen molar-refractivity contribution in [3.63, 3.8) is 0 Å². The van der Waals surface area contributed by atoms with E-state index < -0.39 is 58.6 Å². The second kappa shape index (κ2) is 25.4. The number of carboxylic acid groups (broad SMARTS) is 1. The summed E-state index contributed by atoms with van der Waals surface area (Å²) in [5.74, 6) is -2.74. The summed E-state index contributed by atoms with van der Waals surface area (Å²) < 4.78 is 22.3. The number of fused-ring (bicyclic) bond motifs is 5. The van der Waals surface area contributed by atoms with Crippen molar-refractivity contribution < 1.29 is 52.8 Å². The molecule has 420 valence electrons. The molecule has 5 bridgehead atoms. The topological polar surface area (TPSA) is 237 Å². The third kappa shape index (κ3) is 14.7. The number of carbonyl (C=O) groups is 6. The first-order valence-corrected chi connectivity index (χ1v) is 27.4. The van der Waals surface area contributed by atoms with E-state index in [4.69, 9.17) is 28.9 Å². The van der Waals surface area contributed by atoms with Gasteiger partial charge in [-0.3, -0.25) is 38.9 Å². The summed E-state index contributed by atoms with van der Waals surface area (Å²) in [6.45, 7) is 14.8. The van der Waals surface area contributed by atoms with E-state index in [1.807, 2.05) is 133 Å². The number of cyclic esters (lactones) is 1. The molecule has 4 amide bonds. The van der Waals surface area contributed by atoms with Gasteiger partial charge in [0.15, 0.2) is 6.10 Å². The molecule has 2 aliphatic carbocycles. The number of nitrogens with one attached hydrogen (secondary N) is 4. The lowest BCUT2D eigenvalue weighted by atomic mass is 9.72. The van der Waals surface area contributed by atoms with E-state index in [0.29, 0.717) is 63.6 Å². The third-order valence-electron chi connectivity index (χ3n) is 15.4. The standard InChI is InChI=1S/C34H45N5O6.C26H34N2O5/c1-20(2)29-31(41)36-22(4)32(42)39-18-6-7-27(38-39)30(40)35-21(3)26-11-10-24-9-8-23(19-28(24)37-26)12-15-34(33(43)45-29)16-13-25(44-5)14-17-34;1-17(27-24(31)33-25(2,3)4)21-9-8-19-7-6-18(16-22(19)28-21)10-13-26(23(29)30)14-11-20(32-5)12-15-26/h8-12,15,19-22,25,27,29,38H,6-7,13-14,16-18H2,1-5H3,(H,35,40)(H,36,41);6-10,13,16-17,20H,11-12,14-15H2,1-5H3,(H,27,31)(H,29,30)/b15-12+;13-10+/t21-,22+,25?,27+,29+,34?;/m1./s1. The minimum atomic E-state index is -1.09. The van der Waals surface area contributed by atoms with Crippen LogP contribution in [0.25, 0.3) is 34.0 Å². The number of carboxylic acids is 1. The van der Waals surface area contributed by atoms with Crippen molar-refractivity contribution in [1.29, 1.82) is 0 Å². The van der Waals surface area contributed by atoms with Crippen LogP contribution in [0.15, 0.2) is 72.8 Å². The molecule has 5 atom stereocenters. The highest BCUT2D eigenvalue weighted by atomic mass is 16.6. The van der Waals surface area contributed by atoms with Crippen molar-refractivity contribution >= 4 is 69.7 Å². The minimum Gasteiger partial charge on any atom is -0.481 e. The Balaban J connectivity index is 0.000000238. The number of methoxy groups -OCH3 is 2. The number of aliphatic carboxylic acids is 1. The van der Waals surface area contributed by atoms with E-state index in [0.717, 1.165) is 51.5 Å². The van der Waals surface area contributed by atoms with Crippen LogP contribution in [-0.2, 0) is 42.9 Å². The second-order valence-electron chi connectivity index (χ2n) is 22.7. The molecule has 5 N–H and O–H groups in total. The average molecular weight is 1070 g/mol. The number of nitrogens with zero attached hydrogens (tertiary/aromatic N) is 3. The minimum absolute atomic E-state index is 0.0480. The zero-order valence-electron chi connectivity index (χ0n) is 46.9. The molecule has 4 aromatic rings. The molecule has 18 nitrogen and oxygen atoms in total. The molecule has 18 heteroatoms. The fraction of sp³-hybridized carbons (Fsp3) is 0.533. The van der Waals surface area contributed by atoms with Gasteiger partial charge in [-0.15, -0.1) is 0 Å². The number of rotatable bonds is 8. The summed E-state index contributed by atoms with van der Waals surface area (Å²) in [4.78, 5) is 87.8. The second-order valence-corrected chi connectivity index (χ2v) is 22.7. The Morgan fingerprint density at radius 2 is 1.42 bits per heavy atom. The number of amides is 4. The molecule has 2 aromatic heterocycles. The normalized spacial score (nSPS) is 27.3. The Hall–Kier alpha value is -6.76. The van der Waals surface area contributed by atoms with Gasteiger partial charge in [0.1, 0.15) is 17.7 Å². The summed E-state index contributed by atoms with van der Waals surface area (Å²) in [5, 5.41) is 21.8. The summed E-state index contributed by atoms with van der Waals surface area (Å²) in [7, 11) is 3.35. The molecule has 4 heterocycles. The number of pyridine rings is 2. The molecule has 4 aliphatic rings. The molecule has 3 fully saturated rings. The molecule has 2 aromatic carbocycles. The van der Waals surface area contributed by atoms with Crippen LogP contribution >= 0.6 is 0 Å². The van der Waals surface area contributed by atoms with Crippen molar-refractivity contribution in [2.24, 2.45) is 16.7 Å². The van der Waals surface area contributed by atoms with Crippen molar-refractivity contribution in [3.05, 3.63) is 95.3 Å². The van der Waals surface area contributed by atoms with Gasteiger partial charge in [-0.05, 0) is 147 Å². The Morgan fingerprint density at radius 3 is 2.06 bits per heavy atom. The molecule has 8 rings (SSSR count). The first kappa shape index (κ1) is 58.9. The number of aromatic nitrogens is 2. The van der Waals surface area contributed by atoms with Gasteiger partial charge in [0.05, 0.1) is 57.5 Å². The molecule has 2 aliphatic heterocycles. The lowest BCUT2D eigenvalue weighted by Gasteiger charge is -2.37. The highest BCUT2D eigenvalue weighted by Gasteiger charge is 2.44. The number of carbonyl (C=O) groups excluding carboxylic acids is 5. The summed E-state index contributed by atoms with van der Waals surface area (Å²) >= 11 is 0. The van der Waals surface area contributed by atoms with Crippen molar-refractivity contribution in [1.82, 2.24) is 36.4 Å². The van der Waals surface area contributed by atoms with Crippen LogP contribution in [-0.4, -0.2) is 113 Å². The molecular formula is C60H79N7O11. The fourth-order valence-corrected chi connectivity index (χ4v) is 10.5. The van der Waals surface area contributed by atoms with E-state index >= 15 is 0 Å². The van der Waals surface area contributed by atoms with Crippen LogP contribution < -0.4 is 21.4 Å². The quantitative estimate of drug-likeness (QED) is 0.104. The highest BCUT2D eigenvalue weighted by Crippen LogP contribution is 2.42. The maximum atomic E-state index is 14.0. The predicted octanol–water partition coefficient (Wildman–Crippen LogP) is 9.08. The SMILES string of the molecule is COC1CCC(/C=C/c2ccc3ccc(C(C)NC(=O)OC(C)(C)C)nc3c2)(C(=O)O)CC1.COC1CCC2(/C=C/c3ccc4ccc(nc4c3)[C@@H](C)NC(=O)[C@@H]3CCCN(N3)C(=O)[C@H](C)NC(=O)[C@H](C(C)C)OC2=O)CC1. The van der Waals surface area contributed by atoms with E-state index in [2.05, 4.69) is 21.4 Å². The van der Waals surface area contributed by atoms with Gasteiger partial charge in [0.25, 0.3) is 11.8 Å². The van der Waals surface area contributed by atoms with E-state index in [-0.39, 0.29) is 42.0 Å². The number of hydrogen-bond donors (Lipinski definition) is 5. The number of hydrogen-bond acceptors (Lipinski definition) is 13. The maximum Gasteiger partial charge on any atom is 0.408 e. The Morgan fingerprint density at radius 1 is 0.808 bits per heavy atom. The Labute approximate surface area is 457 Å². The molecule has 78 heavy (non-hydrogen) atoms. The monoisotopic (exact) mass is 1070 g/mol. The van der Waals surface area contributed by atoms with Gasteiger partial charge in [-0.25, -0.2) is 10.2 Å². The summed E-state index contributed by atoms with van der Waals surface area (Å²) in [6, 6.07) is 17.3. The van der Waals surface area contributed by atoms with Crippen molar-refractivity contribution in [2.75, 3.05) is 20.8 Å². The summed E-state index contributed by atoms with van der Waals surface area (Å²) in [6.07, 6.45) is 12.2. The highest BCUT2D eigenvalue weighted by molar-refractivity contribution is 5.92. The lowest BCUT2D eigenvalue weighted by Crippen LogP contribution is -2.61. The number of esters is 1. The average Bonchev–Trinajstić information content (AvgIpc) is 3.44. The van der Waals surface area contributed by atoms with Crippen LogP contribution in [0.3, 0.4) is 0 Å². The van der Waals surface area contributed by atoms with Crippen molar-refractivity contribution in [2.45, 2.75) is 168 Å². The Kier molecular flexibility index (Phi) is 19.2. The van der Waals surface area contributed by atoms with Gasteiger partial charge in [0, 0.05) is 31.5 Å². The van der Waals surface area contributed by atoms with Gasteiger partial charge in [0.2, 0.25) is 5.91 Å². The van der Waals surface area contributed by atoms with E-state index in [1.165, 1.54) is 5.01 Å². The number of hydrazine groups is 1. The lowest BCUT2D eigenvalue weighted by molar-refractivity contribution is -0.169. The smallest absolute Gasteiger partial charge is 0.408 e. The van der Waals surface area contributed by atoms with Gasteiger partial charge in [-0.2, -0.15) is 0 Å². The predicted molar refractivity (Wildman–Crippen MR) is 297 cm³/mol. The first-order valence-electron chi connectivity index (χ1n) is 27.4. The van der Waals surface area contributed by atoms with E-state index in [1.54, 1.807) is 21.1 Å². The van der Waals surface area contributed by atoms with Gasteiger partial charge < -0.3 is 40.0 Å². The van der Waals surface area contributed by atoms with Crippen molar-refractivity contribution in [3.8, 4) is 0 Å². The molecule has 0 radical (unpaired) electrons. The van der Waals surface area contributed by atoms with Crippen LogP contribution in [0.2, 0.25) is 0 Å². The largest absolute Gasteiger partial charge is 0.481 e. The maximum absolute atomic E-state index is 14.0. The van der Waals surface area contributed by atoms with Crippen LogP contribution in [0.1, 0.15) is 154 Å². The zero-order chi connectivity index (χ0) is 56.5. The third-order valence-corrected chi connectivity index (χ3v) is 15.4. The van der Waals surface area contributed by atoms with Crippen LogP contribution in [0.5, 0.6) is 0 Å². The zero-order valence-corrected chi connectivity index (χ0v) is 46.9. The van der Waals surface area contributed by atoms with Gasteiger partial charge in [-0.1, -0.05) is 74.5 Å². The Bertz CT molecular complexity index is 2880. The fourth-order valence-electron chi connectivity index (χ4n) is 10.5. The molecule has 2 saturated carbocycles. The molecule has 1 saturated heterocycles. The van der Waals surface area contributed by atoms with Crippen LogP contribution in [0, 0.1) is 16.7 Å². The van der Waals surface area contributed by atoms with Gasteiger partial charge >= 0.3 is 18.0 Å². The van der Waals surface area contributed by atoms with Crippen LogP contribution in [0.4, 0.5) is 4.79 Å². The molecule has 1 unspecified atom stereocenters. The number of benzene rings is 2. The first-order chi connectivity index (χ1) is 37.0. The summed E-state index contributed by atoms with van der Waals surface area (Å²) in [5.41, 5.74) is 5.38. The number of alkyl carbamates (subject to hydrolysis) is 1. The van der Waals surface area contributed by atoms with E-state index in [9.17, 15) is 33.9 Å². The molecule has 1 spiro atoms. The number of ether oxygens (including phenoxy) is 4.